The number of ketones is 1. The summed E-state index contributed by atoms with van der Waals surface area (Å²) < 4.78 is 10.2. The second-order valence-corrected chi connectivity index (χ2v) is 13.2. The Bertz CT molecular complexity index is 829. The highest BCUT2D eigenvalue weighted by molar-refractivity contribution is 5.79. The summed E-state index contributed by atoms with van der Waals surface area (Å²) >= 11 is 0. The molecule has 7 atom stereocenters. The molecule has 0 bridgehead atoms. The molecule has 0 aromatic heterocycles. The van der Waals surface area contributed by atoms with Crippen LogP contribution in [0.5, 0.6) is 0 Å². The van der Waals surface area contributed by atoms with Gasteiger partial charge in [0.1, 0.15) is 25.1 Å². The Morgan fingerprint density at radius 1 is 0.756 bits per heavy atom. The minimum Gasteiger partial charge on any atom is -0.463 e. The van der Waals surface area contributed by atoms with Gasteiger partial charge in [0.05, 0.1) is 18.3 Å². The Kier molecular flexibility index (Phi) is 23.2. The standard InChI is InChI=1S/C36H64O9/c1-4-6-11-17-28(37)21-22-31-32(34(41)24-33(31)40)23-29(38)18-14-15-20-36(43)45-26-30(39)25-44-35(42)19-13-10-8-7-9-12-16-27(3)5-2/h21-22,27-28,30-34,37,39-41H,4-20,23-26H2,1-3H3/b22-21+/t27?,28-,30-,31+,32+,33+,34-/m0/s1. The Balaban J connectivity index is 2.15. The zero-order chi connectivity index (χ0) is 33.5. The van der Waals surface area contributed by atoms with Crippen LogP contribution in [0.15, 0.2) is 12.2 Å². The molecule has 1 rings (SSSR count). The largest absolute Gasteiger partial charge is 0.463 e. The number of hydrogen-bond acceptors (Lipinski definition) is 9. The summed E-state index contributed by atoms with van der Waals surface area (Å²) in [5.74, 6) is -0.882. The van der Waals surface area contributed by atoms with E-state index in [0.717, 1.165) is 44.4 Å². The maximum Gasteiger partial charge on any atom is 0.305 e. The normalized spacial score (nSPS) is 21.9. The fourth-order valence-electron chi connectivity index (χ4n) is 5.82. The molecule has 0 saturated heterocycles. The van der Waals surface area contributed by atoms with Crippen molar-refractivity contribution in [1.29, 1.82) is 0 Å². The molecule has 9 heteroatoms. The van der Waals surface area contributed by atoms with Crippen LogP contribution < -0.4 is 0 Å². The Morgan fingerprint density at radius 2 is 1.31 bits per heavy atom. The zero-order valence-electron chi connectivity index (χ0n) is 28.4. The van der Waals surface area contributed by atoms with Gasteiger partial charge in [-0.1, -0.05) is 97.1 Å². The van der Waals surface area contributed by atoms with Crippen molar-refractivity contribution in [3.05, 3.63) is 12.2 Å². The van der Waals surface area contributed by atoms with Gasteiger partial charge in [-0.05, 0) is 31.6 Å². The lowest BCUT2D eigenvalue weighted by atomic mass is 9.87. The summed E-state index contributed by atoms with van der Waals surface area (Å²) in [6.45, 7) is 6.14. The molecule has 45 heavy (non-hydrogen) atoms. The van der Waals surface area contributed by atoms with E-state index in [0.29, 0.717) is 25.7 Å². The van der Waals surface area contributed by atoms with E-state index in [-0.39, 0.29) is 56.6 Å². The number of rotatable bonds is 27. The highest BCUT2D eigenvalue weighted by atomic mass is 16.6. The molecule has 9 nitrogen and oxygen atoms in total. The van der Waals surface area contributed by atoms with Gasteiger partial charge in [-0.3, -0.25) is 14.4 Å². The van der Waals surface area contributed by atoms with Gasteiger partial charge >= 0.3 is 11.9 Å². The first-order valence-corrected chi connectivity index (χ1v) is 17.8. The number of aliphatic hydroxyl groups excluding tert-OH is 4. The van der Waals surface area contributed by atoms with E-state index in [1.807, 2.05) is 0 Å². The molecule has 0 aliphatic heterocycles. The molecule has 0 aromatic rings. The van der Waals surface area contributed by atoms with Crippen LogP contribution >= 0.6 is 0 Å². The first kappa shape index (κ1) is 41.2. The van der Waals surface area contributed by atoms with Gasteiger partial charge in [0.2, 0.25) is 0 Å². The summed E-state index contributed by atoms with van der Waals surface area (Å²) in [5, 5.41) is 41.0. The average Bonchev–Trinajstić information content (AvgIpc) is 3.28. The van der Waals surface area contributed by atoms with Crippen molar-refractivity contribution in [3.8, 4) is 0 Å². The predicted molar refractivity (Wildman–Crippen MR) is 175 cm³/mol. The molecular weight excluding hydrogens is 576 g/mol. The quantitative estimate of drug-likeness (QED) is 0.0483. The van der Waals surface area contributed by atoms with Gasteiger partial charge in [-0.2, -0.15) is 0 Å². The van der Waals surface area contributed by atoms with E-state index < -0.39 is 36.3 Å². The van der Waals surface area contributed by atoms with Crippen molar-refractivity contribution in [2.75, 3.05) is 13.2 Å². The summed E-state index contributed by atoms with van der Waals surface area (Å²) in [6.07, 6.45) is 14.9. The SMILES string of the molecule is CCCCC[C@H](O)/C=C/[C@@H]1[C@@H](CC(=O)CCCCC(=O)OC[C@@H](O)COC(=O)CCCCCCCCC(C)CC)[C@@H](O)C[C@H]1O. The maximum atomic E-state index is 12.6. The fraction of sp³-hybridized carbons (Fsp3) is 0.861. The van der Waals surface area contributed by atoms with Crippen LogP contribution in [-0.2, 0) is 23.9 Å². The summed E-state index contributed by atoms with van der Waals surface area (Å²) in [6, 6.07) is 0. The van der Waals surface area contributed by atoms with Crippen LogP contribution in [0.4, 0.5) is 0 Å². The summed E-state index contributed by atoms with van der Waals surface area (Å²) in [4.78, 5) is 36.6. The van der Waals surface area contributed by atoms with Crippen molar-refractivity contribution < 1.29 is 44.3 Å². The number of hydrogen-bond donors (Lipinski definition) is 4. The van der Waals surface area contributed by atoms with Gasteiger partial charge in [-0.25, -0.2) is 0 Å². The van der Waals surface area contributed by atoms with Crippen LogP contribution in [-0.4, -0.2) is 75.8 Å². The summed E-state index contributed by atoms with van der Waals surface area (Å²) in [7, 11) is 0. The first-order chi connectivity index (χ1) is 21.6. The van der Waals surface area contributed by atoms with Crippen LogP contribution in [0.2, 0.25) is 0 Å². The van der Waals surface area contributed by atoms with E-state index in [9.17, 15) is 34.8 Å². The molecule has 0 spiro atoms. The number of Topliss-reactive ketones (excluding diaryl/α,β-unsaturated/α-hetero) is 1. The van der Waals surface area contributed by atoms with Crippen molar-refractivity contribution >= 4 is 17.7 Å². The Labute approximate surface area is 272 Å². The molecule has 4 N–H and O–H groups in total. The molecule has 1 fully saturated rings. The van der Waals surface area contributed by atoms with Crippen molar-refractivity contribution in [1.82, 2.24) is 0 Å². The second-order valence-electron chi connectivity index (χ2n) is 13.2. The van der Waals surface area contributed by atoms with Crippen LogP contribution in [0.3, 0.4) is 0 Å². The number of unbranched alkanes of at least 4 members (excludes halogenated alkanes) is 8. The van der Waals surface area contributed by atoms with E-state index >= 15 is 0 Å². The van der Waals surface area contributed by atoms with Crippen molar-refractivity contribution in [2.24, 2.45) is 17.8 Å². The second kappa shape index (κ2) is 25.3. The molecule has 1 saturated carbocycles. The zero-order valence-corrected chi connectivity index (χ0v) is 28.4. The van der Waals surface area contributed by atoms with E-state index in [1.165, 1.54) is 32.1 Å². The lowest BCUT2D eigenvalue weighted by Gasteiger charge is -2.20. The van der Waals surface area contributed by atoms with Gasteiger partial charge in [0.25, 0.3) is 0 Å². The van der Waals surface area contributed by atoms with Crippen LogP contribution in [0, 0.1) is 17.8 Å². The lowest BCUT2D eigenvalue weighted by Crippen LogP contribution is -2.25. The van der Waals surface area contributed by atoms with Crippen LogP contribution in [0.1, 0.15) is 143 Å². The third-order valence-electron chi connectivity index (χ3n) is 9.02. The lowest BCUT2D eigenvalue weighted by molar-refractivity contribution is -0.152. The molecule has 0 radical (unpaired) electrons. The number of esters is 2. The molecule has 0 aromatic carbocycles. The minimum absolute atomic E-state index is 0.0438. The molecular formula is C36H64O9. The Hall–Kier alpha value is -1.81. The Morgan fingerprint density at radius 3 is 1.93 bits per heavy atom. The van der Waals surface area contributed by atoms with Gasteiger partial charge < -0.3 is 29.9 Å². The third kappa shape index (κ3) is 20.1. The highest BCUT2D eigenvalue weighted by Crippen LogP contribution is 2.36. The third-order valence-corrected chi connectivity index (χ3v) is 9.02. The van der Waals surface area contributed by atoms with Gasteiger partial charge in [-0.15, -0.1) is 0 Å². The monoisotopic (exact) mass is 640 g/mol. The molecule has 1 aliphatic carbocycles. The topological polar surface area (TPSA) is 151 Å². The number of carbonyl (C=O) groups excluding carboxylic acids is 3. The number of ether oxygens (including phenoxy) is 2. The average molecular weight is 641 g/mol. The molecule has 0 heterocycles. The van der Waals surface area contributed by atoms with E-state index in [1.54, 1.807) is 12.2 Å². The van der Waals surface area contributed by atoms with Gasteiger partial charge in [0, 0.05) is 43.9 Å². The van der Waals surface area contributed by atoms with Gasteiger partial charge in [0.15, 0.2) is 0 Å². The van der Waals surface area contributed by atoms with E-state index in [2.05, 4.69) is 20.8 Å². The van der Waals surface area contributed by atoms with Crippen LogP contribution in [0.25, 0.3) is 0 Å². The van der Waals surface area contributed by atoms with Crippen molar-refractivity contribution in [2.45, 2.75) is 167 Å². The molecule has 1 aliphatic rings. The maximum absolute atomic E-state index is 12.6. The summed E-state index contributed by atoms with van der Waals surface area (Å²) in [5.41, 5.74) is 0. The minimum atomic E-state index is -1.09. The fourth-order valence-corrected chi connectivity index (χ4v) is 5.82. The molecule has 262 valence electrons. The first-order valence-electron chi connectivity index (χ1n) is 17.8. The highest BCUT2D eigenvalue weighted by Gasteiger charge is 2.41. The van der Waals surface area contributed by atoms with Crippen molar-refractivity contribution in [3.63, 3.8) is 0 Å². The molecule has 0 amide bonds. The predicted octanol–water partition coefficient (Wildman–Crippen LogP) is 5.98. The molecule has 1 unspecified atom stereocenters. The van der Waals surface area contributed by atoms with E-state index in [4.69, 9.17) is 9.47 Å². The number of aliphatic hydroxyl groups is 4. The smallest absolute Gasteiger partial charge is 0.305 e. The number of carbonyl (C=O) groups is 3.